The average Bonchev–Trinajstić information content (AvgIpc) is 3.06. The van der Waals surface area contributed by atoms with Crippen LogP contribution in [0.25, 0.3) is 22.8 Å². The van der Waals surface area contributed by atoms with Gasteiger partial charge in [0.25, 0.3) is 5.79 Å². The number of hydrogen-bond acceptors (Lipinski definition) is 7. The number of aliphatic hydroxyl groups excluding tert-OH is 1. The molecular weight excluding hydrogens is 572 g/mol. The van der Waals surface area contributed by atoms with Gasteiger partial charge in [0.15, 0.2) is 0 Å². The quantitative estimate of drug-likeness (QED) is 0.0499. The molecule has 0 aromatic heterocycles. The molecule has 1 atom stereocenters. The van der Waals surface area contributed by atoms with Gasteiger partial charge in [0, 0.05) is 11.1 Å². The van der Waals surface area contributed by atoms with Gasteiger partial charge in [-0.2, -0.15) is 0 Å². The number of hydrogen-bond donors (Lipinski definition) is 3. The van der Waals surface area contributed by atoms with Gasteiger partial charge in [0.2, 0.25) is 0 Å². The Hall–Kier alpha value is -4.86. The lowest BCUT2D eigenvalue weighted by Crippen LogP contribution is -2.37. The van der Waals surface area contributed by atoms with Gasteiger partial charge in [-0.05, 0) is 58.5 Å². The minimum absolute atomic E-state index is 0.108. The maximum absolute atomic E-state index is 12.4. The highest BCUT2D eigenvalue weighted by Crippen LogP contribution is 2.30. The number of benzene rings is 4. The van der Waals surface area contributed by atoms with Crippen molar-refractivity contribution >= 4 is 23.6 Å². The normalized spacial score (nSPS) is 12.7. The molecule has 0 spiro atoms. The molecule has 0 fully saturated rings. The number of carbonyl (C=O) groups excluding carboxylic acids is 1. The topological polar surface area (TPSA) is 123 Å². The van der Waals surface area contributed by atoms with E-state index in [1.54, 1.807) is 36.4 Å². The van der Waals surface area contributed by atoms with E-state index in [2.05, 4.69) is 6.58 Å². The molecule has 4 rings (SSSR count). The van der Waals surface area contributed by atoms with Gasteiger partial charge in [0.05, 0.1) is 32.0 Å². The monoisotopic (exact) mass is 608 g/mol. The van der Waals surface area contributed by atoms with Crippen molar-refractivity contribution in [1.29, 1.82) is 0 Å². The molecule has 232 valence electrons. The highest BCUT2D eigenvalue weighted by atomic mass is 16.7. The Morgan fingerprint density at radius 2 is 1.31 bits per heavy atom. The van der Waals surface area contributed by atoms with Gasteiger partial charge in [-0.25, -0.2) is 9.59 Å². The number of carbonyl (C=O) groups is 2. The second-order valence-electron chi connectivity index (χ2n) is 10.3. The molecule has 3 N–H and O–H groups in total. The molecule has 8 nitrogen and oxygen atoms in total. The van der Waals surface area contributed by atoms with Crippen LogP contribution in [0.1, 0.15) is 39.5 Å². The first-order valence-electron chi connectivity index (χ1n) is 14.4. The summed E-state index contributed by atoms with van der Waals surface area (Å²) >= 11 is 0. The van der Waals surface area contributed by atoms with Gasteiger partial charge in [-0.1, -0.05) is 97.6 Å². The lowest BCUT2D eigenvalue weighted by Gasteiger charge is -2.28. The van der Waals surface area contributed by atoms with Crippen LogP contribution in [-0.4, -0.2) is 60.3 Å². The maximum atomic E-state index is 12.4. The molecule has 0 amide bonds. The number of carboxylic acid groups (broad SMARTS) is 1. The lowest BCUT2D eigenvalue weighted by molar-refractivity contribution is -0.233. The smallest absolute Gasteiger partial charge is 0.335 e. The van der Waals surface area contributed by atoms with Gasteiger partial charge in [-0.3, -0.25) is 0 Å². The molecule has 0 aliphatic heterocycles. The van der Waals surface area contributed by atoms with E-state index >= 15 is 0 Å². The fraction of sp³-hybridized carbons (Fsp3) is 0.189. The van der Waals surface area contributed by atoms with Gasteiger partial charge in [-0.15, -0.1) is 0 Å². The first-order chi connectivity index (χ1) is 21.7. The molecule has 8 heteroatoms. The summed E-state index contributed by atoms with van der Waals surface area (Å²) < 4.78 is 16.1. The lowest BCUT2D eigenvalue weighted by atomic mass is 9.93. The molecule has 0 radical (unpaired) electrons. The Morgan fingerprint density at radius 3 is 1.87 bits per heavy atom. The number of esters is 1. The van der Waals surface area contributed by atoms with Crippen molar-refractivity contribution in [1.82, 2.24) is 0 Å². The highest BCUT2D eigenvalue weighted by molar-refractivity contribution is 5.92. The predicted molar refractivity (Wildman–Crippen MR) is 172 cm³/mol. The van der Waals surface area contributed by atoms with E-state index in [1.165, 1.54) is 6.92 Å². The Morgan fingerprint density at radius 1 is 0.756 bits per heavy atom. The predicted octanol–water partition coefficient (Wildman–Crippen LogP) is 5.93. The molecule has 0 heterocycles. The summed E-state index contributed by atoms with van der Waals surface area (Å²) in [6.45, 7) is 5.16. The fourth-order valence-electron chi connectivity index (χ4n) is 4.51. The first-order valence-corrected chi connectivity index (χ1v) is 14.4. The van der Waals surface area contributed by atoms with E-state index in [-0.39, 0.29) is 44.2 Å². The SMILES string of the molecule is C=C(C)C(=O)OC(O)(COCCOCCO)c1ccc(/C=C(\c2ccccc2)c2ccc(-c3ccc(C(=O)O)cc3)cc2)cc1. The Kier molecular flexibility index (Phi) is 11.6. The first kappa shape index (κ1) is 33.0. The molecular formula is C37H36O8. The van der Waals surface area contributed by atoms with Crippen molar-refractivity contribution in [2.24, 2.45) is 0 Å². The largest absolute Gasteiger partial charge is 0.478 e. The second-order valence-corrected chi connectivity index (χ2v) is 10.3. The zero-order chi connectivity index (χ0) is 32.2. The summed E-state index contributed by atoms with van der Waals surface area (Å²) in [5.41, 5.74) is 6.35. The van der Waals surface area contributed by atoms with Crippen molar-refractivity contribution in [3.05, 3.63) is 143 Å². The number of carboxylic acids is 1. The van der Waals surface area contributed by atoms with E-state index in [0.717, 1.165) is 33.4 Å². The molecule has 0 aliphatic rings. The zero-order valence-corrected chi connectivity index (χ0v) is 25.0. The molecule has 0 bridgehead atoms. The second kappa shape index (κ2) is 15.7. The van der Waals surface area contributed by atoms with Gasteiger partial charge in [0.1, 0.15) is 6.61 Å². The number of ether oxygens (including phenoxy) is 3. The highest BCUT2D eigenvalue weighted by Gasteiger charge is 2.34. The average molecular weight is 609 g/mol. The molecule has 45 heavy (non-hydrogen) atoms. The van der Waals surface area contributed by atoms with E-state index in [0.29, 0.717) is 5.56 Å². The summed E-state index contributed by atoms with van der Waals surface area (Å²) in [5.74, 6) is -3.78. The molecule has 0 saturated carbocycles. The van der Waals surface area contributed by atoms with Crippen LogP contribution >= 0.6 is 0 Å². The van der Waals surface area contributed by atoms with E-state index in [1.807, 2.05) is 72.8 Å². The minimum atomic E-state index is -2.06. The van der Waals surface area contributed by atoms with Gasteiger partial charge >= 0.3 is 11.9 Å². The van der Waals surface area contributed by atoms with Crippen LogP contribution in [0, 0.1) is 0 Å². The fourth-order valence-corrected chi connectivity index (χ4v) is 4.51. The van der Waals surface area contributed by atoms with Crippen LogP contribution in [0.3, 0.4) is 0 Å². The molecule has 4 aromatic carbocycles. The molecule has 0 aliphatic carbocycles. The number of aromatic carboxylic acids is 1. The Bertz CT molecular complexity index is 1610. The van der Waals surface area contributed by atoms with Crippen molar-refractivity contribution in [2.45, 2.75) is 12.7 Å². The van der Waals surface area contributed by atoms with Crippen LogP contribution in [-0.2, 0) is 24.8 Å². The van der Waals surface area contributed by atoms with Crippen LogP contribution in [0.5, 0.6) is 0 Å². The molecule has 4 aromatic rings. The van der Waals surface area contributed by atoms with Crippen molar-refractivity contribution < 1.29 is 39.1 Å². The number of aliphatic hydroxyl groups is 2. The van der Waals surface area contributed by atoms with Gasteiger partial charge < -0.3 is 29.5 Å². The summed E-state index contributed by atoms with van der Waals surface area (Å²) in [4.78, 5) is 23.6. The van der Waals surface area contributed by atoms with Crippen molar-refractivity contribution in [2.75, 3.05) is 33.0 Å². The third kappa shape index (κ3) is 9.07. The third-order valence-electron chi connectivity index (χ3n) is 6.93. The van der Waals surface area contributed by atoms with Crippen molar-refractivity contribution in [3.63, 3.8) is 0 Å². The molecule has 1 unspecified atom stereocenters. The summed E-state index contributed by atoms with van der Waals surface area (Å²) in [6.07, 6.45) is 2.03. The van der Waals surface area contributed by atoms with Crippen molar-refractivity contribution in [3.8, 4) is 11.1 Å². The summed E-state index contributed by atoms with van der Waals surface area (Å²) in [5, 5.41) is 29.4. The van der Waals surface area contributed by atoms with E-state index in [9.17, 15) is 19.8 Å². The van der Waals surface area contributed by atoms with Crippen LogP contribution in [0.15, 0.2) is 115 Å². The zero-order valence-electron chi connectivity index (χ0n) is 25.0. The third-order valence-corrected chi connectivity index (χ3v) is 6.93. The summed E-state index contributed by atoms with van der Waals surface area (Å²) in [6, 6.07) is 31.7. The number of rotatable bonds is 15. The minimum Gasteiger partial charge on any atom is -0.478 e. The molecule has 0 saturated heterocycles. The standard InChI is InChI=1S/C37H36O8/c1-26(2)36(41)45-37(42,25-44-23-22-43-21-20-38)33-18-8-27(9-19-33)24-34(30-6-4-3-5-7-30)31-14-10-28(11-15-31)29-12-16-32(17-13-29)35(39)40/h3-19,24,38,42H,1,20-23,25H2,2H3,(H,39,40)/b34-24+. The van der Waals surface area contributed by atoms with E-state index in [4.69, 9.17) is 19.3 Å². The summed E-state index contributed by atoms with van der Waals surface area (Å²) in [7, 11) is 0. The van der Waals surface area contributed by atoms with Crippen LogP contribution in [0.4, 0.5) is 0 Å². The Labute approximate surface area is 262 Å². The maximum Gasteiger partial charge on any atom is 0.335 e. The van der Waals surface area contributed by atoms with Crippen LogP contribution in [0.2, 0.25) is 0 Å². The van der Waals surface area contributed by atoms with E-state index < -0.39 is 17.7 Å². The van der Waals surface area contributed by atoms with Crippen LogP contribution < -0.4 is 0 Å². The Balaban J connectivity index is 1.61.